The van der Waals surface area contributed by atoms with E-state index in [0.717, 1.165) is 16.3 Å². The van der Waals surface area contributed by atoms with Crippen molar-refractivity contribution in [1.29, 1.82) is 0 Å². The number of fused-ring (bicyclic) bond motifs is 1. The maximum Gasteiger partial charge on any atom is 0.125 e. The summed E-state index contributed by atoms with van der Waals surface area (Å²) >= 11 is 0. The first-order chi connectivity index (χ1) is 13.2. The molecule has 152 valence electrons. The average molecular weight is 379 g/mol. The number of aliphatic hydroxyl groups excluding tert-OH is 1. The van der Waals surface area contributed by atoms with E-state index < -0.39 is 18.3 Å². The fraction of sp³-hybridized carbons (Fsp3) is 0.545. The Labute approximate surface area is 163 Å². The SMILES string of the molecule is CC.CC.COC[C@H]1O[C@@H](c2cc3ccccc3cc2OC)C(O)C1OC. The van der Waals surface area contributed by atoms with Crippen molar-refractivity contribution in [2.45, 2.75) is 52.1 Å². The van der Waals surface area contributed by atoms with Crippen LogP contribution in [0.25, 0.3) is 10.8 Å². The van der Waals surface area contributed by atoms with Gasteiger partial charge in [-0.15, -0.1) is 0 Å². The first-order valence-electron chi connectivity index (χ1n) is 9.61. The summed E-state index contributed by atoms with van der Waals surface area (Å²) in [5, 5.41) is 12.8. The van der Waals surface area contributed by atoms with Crippen molar-refractivity contribution in [2.24, 2.45) is 0 Å². The molecule has 4 atom stereocenters. The lowest BCUT2D eigenvalue weighted by molar-refractivity contribution is -0.0461. The molecule has 5 nitrogen and oxygen atoms in total. The minimum absolute atomic E-state index is 0.318. The maximum absolute atomic E-state index is 10.6. The minimum Gasteiger partial charge on any atom is -0.496 e. The number of hydrogen-bond acceptors (Lipinski definition) is 5. The molecule has 5 heteroatoms. The van der Waals surface area contributed by atoms with E-state index in [9.17, 15) is 5.11 Å². The van der Waals surface area contributed by atoms with Crippen LogP contribution in [0.4, 0.5) is 0 Å². The smallest absolute Gasteiger partial charge is 0.125 e. The first-order valence-corrected chi connectivity index (χ1v) is 9.61. The van der Waals surface area contributed by atoms with Crippen LogP contribution >= 0.6 is 0 Å². The predicted molar refractivity (Wildman–Crippen MR) is 109 cm³/mol. The molecular weight excluding hydrogens is 344 g/mol. The molecule has 3 rings (SSSR count). The highest BCUT2D eigenvalue weighted by Gasteiger charge is 2.45. The molecule has 0 amide bonds. The zero-order chi connectivity index (χ0) is 20.4. The van der Waals surface area contributed by atoms with Crippen LogP contribution in [0.3, 0.4) is 0 Å². The molecule has 0 radical (unpaired) electrons. The van der Waals surface area contributed by atoms with E-state index in [1.165, 1.54) is 0 Å². The van der Waals surface area contributed by atoms with Gasteiger partial charge in [0, 0.05) is 19.8 Å². The van der Waals surface area contributed by atoms with Crippen LogP contribution in [-0.4, -0.2) is 51.4 Å². The van der Waals surface area contributed by atoms with Crippen molar-refractivity contribution in [3.05, 3.63) is 42.0 Å². The third-order valence-electron chi connectivity index (χ3n) is 4.34. The topological polar surface area (TPSA) is 57.2 Å². The highest BCUT2D eigenvalue weighted by Crippen LogP contribution is 2.40. The second kappa shape index (κ2) is 11.9. The summed E-state index contributed by atoms with van der Waals surface area (Å²) in [4.78, 5) is 0. The van der Waals surface area contributed by atoms with E-state index in [2.05, 4.69) is 0 Å². The van der Waals surface area contributed by atoms with Crippen molar-refractivity contribution in [3.63, 3.8) is 0 Å². The maximum atomic E-state index is 10.6. The quantitative estimate of drug-likeness (QED) is 0.838. The predicted octanol–water partition coefficient (Wildman–Crippen LogP) is 4.36. The molecule has 27 heavy (non-hydrogen) atoms. The van der Waals surface area contributed by atoms with Gasteiger partial charge in [-0.25, -0.2) is 0 Å². The molecule has 0 aliphatic carbocycles. The summed E-state index contributed by atoms with van der Waals surface area (Å²) in [5.74, 6) is 0.695. The van der Waals surface area contributed by atoms with Gasteiger partial charge in [-0.1, -0.05) is 52.0 Å². The van der Waals surface area contributed by atoms with E-state index in [0.29, 0.717) is 12.4 Å². The number of aliphatic hydroxyl groups is 1. The van der Waals surface area contributed by atoms with Gasteiger partial charge < -0.3 is 24.1 Å². The molecule has 1 N–H and O–H groups in total. The average Bonchev–Trinajstić information content (AvgIpc) is 3.05. The Morgan fingerprint density at radius 2 is 1.56 bits per heavy atom. The van der Waals surface area contributed by atoms with E-state index in [4.69, 9.17) is 18.9 Å². The molecule has 0 aromatic heterocycles. The molecular formula is C22H34O5. The molecule has 1 fully saturated rings. The Hall–Kier alpha value is -1.66. The molecule has 1 saturated heterocycles. The molecule has 2 aromatic carbocycles. The second-order valence-corrected chi connectivity index (χ2v) is 5.68. The van der Waals surface area contributed by atoms with E-state index in [-0.39, 0.29) is 6.10 Å². The van der Waals surface area contributed by atoms with Crippen molar-refractivity contribution >= 4 is 10.8 Å². The summed E-state index contributed by atoms with van der Waals surface area (Å²) in [6.45, 7) is 8.36. The minimum atomic E-state index is -0.782. The van der Waals surface area contributed by atoms with Crippen molar-refractivity contribution in [2.75, 3.05) is 27.9 Å². The lowest BCUT2D eigenvalue weighted by atomic mass is 9.97. The Morgan fingerprint density at radius 1 is 0.963 bits per heavy atom. The largest absolute Gasteiger partial charge is 0.496 e. The van der Waals surface area contributed by atoms with E-state index >= 15 is 0 Å². The zero-order valence-corrected chi connectivity index (χ0v) is 17.6. The Kier molecular flexibility index (Phi) is 10.3. The van der Waals surface area contributed by atoms with Gasteiger partial charge in [-0.05, 0) is 22.9 Å². The summed E-state index contributed by atoms with van der Waals surface area (Å²) in [7, 11) is 4.79. The number of hydrogen-bond donors (Lipinski definition) is 1. The van der Waals surface area contributed by atoms with Crippen molar-refractivity contribution in [3.8, 4) is 5.75 Å². The molecule has 0 spiro atoms. The van der Waals surface area contributed by atoms with Gasteiger partial charge >= 0.3 is 0 Å². The third kappa shape index (κ3) is 5.20. The molecule has 1 aliphatic heterocycles. The fourth-order valence-electron chi connectivity index (χ4n) is 3.22. The summed E-state index contributed by atoms with van der Waals surface area (Å²) in [5.41, 5.74) is 0.819. The van der Waals surface area contributed by atoms with E-state index in [1.807, 2.05) is 64.1 Å². The molecule has 2 unspecified atom stereocenters. The Balaban J connectivity index is 0.000000855. The van der Waals surface area contributed by atoms with Gasteiger partial charge in [-0.3, -0.25) is 0 Å². The molecule has 0 saturated carbocycles. The van der Waals surface area contributed by atoms with E-state index in [1.54, 1.807) is 21.3 Å². The Morgan fingerprint density at radius 3 is 2.07 bits per heavy atom. The monoisotopic (exact) mass is 378 g/mol. The summed E-state index contributed by atoms with van der Waals surface area (Å²) in [6, 6.07) is 12.0. The number of methoxy groups -OCH3 is 3. The zero-order valence-electron chi connectivity index (χ0n) is 17.6. The van der Waals surface area contributed by atoms with Gasteiger partial charge in [-0.2, -0.15) is 0 Å². The van der Waals surface area contributed by atoms with Crippen LogP contribution in [0, 0.1) is 0 Å². The normalized spacial score (nSPS) is 23.9. The highest BCUT2D eigenvalue weighted by atomic mass is 16.6. The lowest BCUT2D eigenvalue weighted by Crippen LogP contribution is -2.35. The fourth-order valence-corrected chi connectivity index (χ4v) is 3.22. The highest BCUT2D eigenvalue weighted by molar-refractivity contribution is 5.85. The number of rotatable bonds is 5. The van der Waals surface area contributed by atoms with Crippen LogP contribution in [0.5, 0.6) is 5.75 Å². The van der Waals surface area contributed by atoms with Crippen LogP contribution in [-0.2, 0) is 14.2 Å². The number of ether oxygens (including phenoxy) is 4. The van der Waals surface area contributed by atoms with Crippen molar-refractivity contribution in [1.82, 2.24) is 0 Å². The van der Waals surface area contributed by atoms with Gasteiger partial charge in [0.15, 0.2) is 0 Å². The van der Waals surface area contributed by atoms with Crippen LogP contribution < -0.4 is 4.74 Å². The molecule has 1 heterocycles. The van der Waals surface area contributed by atoms with Gasteiger partial charge in [0.2, 0.25) is 0 Å². The van der Waals surface area contributed by atoms with Gasteiger partial charge in [0.25, 0.3) is 0 Å². The molecule has 2 aromatic rings. The first kappa shape index (κ1) is 23.4. The number of benzene rings is 2. The van der Waals surface area contributed by atoms with Gasteiger partial charge in [0.1, 0.15) is 30.2 Å². The van der Waals surface area contributed by atoms with Crippen molar-refractivity contribution < 1.29 is 24.1 Å². The van der Waals surface area contributed by atoms with Crippen LogP contribution in [0.2, 0.25) is 0 Å². The molecule has 1 aliphatic rings. The van der Waals surface area contributed by atoms with Gasteiger partial charge in [0.05, 0.1) is 13.7 Å². The van der Waals surface area contributed by atoms with Crippen LogP contribution in [0.1, 0.15) is 39.4 Å². The standard InChI is InChI=1S/C18H22O5.2C2H6/c1-20-10-15-18(22-3)16(19)17(23-15)13-8-11-6-4-5-7-12(11)9-14(13)21-2;2*1-2/h4-9,15-19H,10H2,1-3H3;2*1-2H3/t15-,16?,17+,18?;;/m1../s1. The summed E-state index contributed by atoms with van der Waals surface area (Å²) in [6.07, 6.45) is -2.05. The Bertz CT molecular complexity index is 673. The summed E-state index contributed by atoms with van der Waals surface area (Å²) < 4.78 is 22.1. The second-order valence-electron chi connectivity index (χ2n) is 5.68. The molecule has 0 bridgehead atoms. The third-order valence-corrected chi connectivity index (χ3v) is 4.34. The van der Waals surface area contributed by atoms with Crippen LogP contribution in [0.15, 0.2) is 36.4 Å². The lowest BCUT2D eigenvalue weighted by Gasteiger charge is -2.19.